The number of nitrogens with one attached hydrogen (secondary N) is 2. The Balaban J connectivity index is 1.46. The number of benzene rings is 2. The first kappa shape index (κ1) is 23.9. The van der Waals surface area contributed by atoms with Gasteiger partial charge in [0.25, 0.3) is 0 Å². The fourth-order valence-electron chi connectivity index (χ4n) is 3.50. The second-order valence-electron chi connectivity index (χ2n) is 7.76. The van der Waals surface area contributed by atoms with Crippen molar-refractivity contribution in [3.05, 3.63) is 78.4 Å². The lowest BCUT2D eigenvalue weighted by atomic mass is 10.1. The van der Waals surface area contributed by atoms with Crippen LogP contribution in [-0.4, -0.2) is 45.7 Å². The average molecular weight is 474 g/mol. The van der Waals surface area contributed by atoms with Crippen LogP contribution in [0.1, 0.15) is 17.7 Å². The van der Waals surface area contributed by atoms with E-state index in [0.717, 1.165) is 33.6 Å². The van der Waals surface area contributed by atoms with E-state index in [1.807, 2.05) is 61.5 Å². The van der Waals surface area contributed by atoms with E-state index in [-0.39, 0.29) is 25.5 Å². The van der Waals surface area contributed by atoms with Crippen LogP contribution in [0.4, 0.5) is 11.5 Å². The van der Waals surface area contributed by atoms with Gasteiger partial charge in [0, 0.05) is 18.3 Å². The molecule has 0 aliphatic rings. The van der Waals surface area contributed by atoms with Crippen LogP contribution in [0.3, 0.4) is 0 Å². The minimum absolute atomic E-state index is 0.0720. The highest BCUT2D eigenvalue weighted by Crippen LogP contribution is 2.32. The number of rotatable bonds is 11. The summed E-state index contributed by atoms with van der Waals surface area (Å²) in [6, 6.07) is 17.1. The zero-order valence-electron chi connectivity index (χ0n) is 19.4. The van der Waals surface area contributed by atoms with Gasteiger partial charge in [0.2, 0.25) is 5.91 Å². The van der Waals surface area contributed by atoms with E-state index >= 15 is 0 Å². The van der Waals surface area contributed by atoms with Crippen molar-refractivity contribution < 1.29 is 19.4 Å². The van der Waals surface area contributed by atoms with Crippen LogP contribution in [-0.2, 0) is 11.4 Å². The van der Waals surface area contributed by atoms with E-state index in [9.17, 15) is 4.79 Å². The number of hydrogen-bond donors (Lipinski definition) is 3. The molecule has 0 bridgehead atoms. The maximum atomic E-state index is 11.5. The summed E-state index contributed by atoms with van der Waals surface area (Å²) in [5.41, 5.74) is 3.41. The lowest BCUT2D eigenvalue weighted by molar-refractivity contribution is -0.121. The third-order valence-electron chi connectivity index (χ3n) is 5.18. The molecule has 0 unspecified atom stereocenters. The molecule has 2 aromatic heterocycles. The highest BCUT2D eigenvalue weighted by atomic mass is 16.5. The Morgan fingerprint density at radius 3 is 2.71 bits per heavy atom. The normalized spacial score (nSPS) is 10.7. The lowest BCUT2D eigenvalue weighted by Gasteiger charge is -2.15. The second-order valence-corrected chi connectivity index (χ2v) is 7.76. The van der Waals surface area contributed by atoms with Gasteiger partial charge in [-0.25, -0.2) is 9.97 Å². The van der Waals surface area contributed by atoms with Gasteiger partial charge in [0.05, 0.1) is 29.7 Å². The van der Waals surface area contributed by atoms with Gasteiger partial charge >= 0.3 is 0 Å². The molecule has 0 saturated heterocycles. The van der Waals surface area contributed by atoms with Gasteiger partial charge in [-0.1, -0.05) is 12.1 Å². The molecule has 0 radical (unpaired) electrons. The SMILES string of the molecule is Cc1cc(Nc2ncnc3cccc(OCCNC(=O)CCO)c23)ccc1OCc1ccccn1. The Morgan fingerprint density at radius 2 is 1.91 bits per heavy atom. The van der Waals surface area contributed by atoms with Crippen LogP contribution >= 0.6 is 0 Å². The molecule has 0 atom stereocenters. The number of ether oxygens (including phenoxy) is 2. The Bertz CT molecular complexity index is 1280. The second kappa shape index (κ2) is 11.8. The Labute approximate surface area is 203 Å². The molecule has 4 rings (SSSR count). The van der Waals surface area contributed by atoms with Crippen molar-refractivity contribution in [2.75, 3.05) is 25.1 Å². The zero-order chi connectivity index (χ0) is 24.5. The van der Waals surface area contributed by atoms with Crippen molar-refractivity contribution in [2.45, 2.75) is 20.0 Å². The summed E-state index contributed by atoms with van der Waals surface area (Å²) in [6.07, 6.45) is 3.32. The third kappa shape index (κ3) is 6.42. The fraction of sp³-hybridized carbons (Fsp3) is 0.231. The fourth-order valence-corrected chi connectivity index (χ4v) is 3.50. The van der Waals surface area contributed by atoms with Gasteiger partial charge < -0.3 is 25.2 Å². The van der Waals surface area contributed by atoms with E-state index in [1.165, 1.54) is 6.33 Å². The number of pyridine rings is 1. The number of amides is 1. The van der Waals surface area contributed by atoms with E-state index < -0.39 is 0 Å². The molecule has 180 valence electrons. The summed E-state index contributed by atoms with van der Waals surface area (Å²) in [4.78, 5) is 24.6. The third-order valence-corrected chi connectivity index (χ3v) is 5.18. The van der Waals surface area contributed by atoms with Crippen molar-refractivity contribution in [3.63, 3.8) is 0 Å². The topological polar surface area (TPSA) is 118 Å². The number of fused-ring (bicyclic) bond motifs is 1. The van der Waals surface area contributed by atoms with Gasteiger partial charge in [-0.2, -0.15) is 0 Å². The maximum Gasteiger partial charge on any atom is 0.222 e. The largest absolute Gasteiger partial charge is 0.491 e. The quantitative estimate of drug-likeness (QED) is 0.283. The van der Waals surface area contributed by atoms with Crippen molar-refractivity contribution in [1.82, 2.24) is 20.3 Å². The number of aryl methyl sites for hydroxylation is 1. The summed E-state index contributed by atoms with van der Waals surface area (Å²) in [7, 11) is 0. The monoisotopic (exact) mass is 473 g/mol. The molecule has 3 N–H and O–H groups in total. The van der Waals surface area contributed by atoms with Crippen LogP contribution in [0.2, 0.25) is 0 Å². The molecular weight excluding hydrogens is 446 g/mol. The number of anilines is 2. The zero-order valence-corrected chi connectivity index (χ0v) is 19.4. The van der Waals surface area contributed by atoms with Crippen molar-refractivity contribution in [3.8, 4) is 11.5 Å². The standard InChI is InChI=1S/C26H27N5O4/c1-18-15-19(8-9-22(18)35-16-20-5-2-3-11-27-20)31-26-25-21(29-17-30-26)6-4-7-23(25)34-14-12-28-24(33)10-13-32/h2-9,11,15,17,32H,10,12-14,16H2,1H3,(H,28,33)(H,29,30,31). The van der Waals surface area contributed by atoms with Crippen LogP contribution in [0, 0.1) is 6.92 Å². The molecule has 0 fully saturated rings. The van der Waals surface area contributed by atoms with Crippen LogP contribution < -0.4 is 20.1 Å². The molecule has 0 saturated carbocycles. The lowest BCUT2D eigenvalue weighted by Crippen LogP contribution is -2.28. The highest BCUT2D eigenvalue weighted by molar-refractivity contribution is 5.95. The van der Waals surface area contributed by atoms with Gasteiger partial charge in [-0.05, 0) is 55.0 Å². The number of aliphatic hydroxyl groups excluding tert-OH is 1. The van der Waals surface area contributed by atoms with Crippen molar-refractivity contribution in [2.24, 2.45) is 0 Å². The predicted molar refractivity (Wildman–Crippen MR) is 133 cm³/mol. The van der Waals surface area contributed by atoms with Gasteiger partial charge in [-0.15, -0.1) is 0 Å². The van der Waals surface area contributed by atoms with Gasteiger partial charge in [0.15, 0.2) is 0 Å². The maximum absolute atomic E-state index is 11.5. The molecule has 0 aliphatic heterocycles. The van der Waals surface area contributed by atoms with E-state index in [4.69, 9.17) is 14.6 Å². The minimum Gasteiger partial charge on any atom is -0.491 e. The molecule has 1 amide bonds. The smallest absolute Gasteiger partial charge is 0.222 e. The van der Waals surface area contributed by atoms with Gasteiger partial charge in [-0.3, -0.25) is 9.78 Å². The predicted octanol–water partition coefficient (Wildman–Crippen LogP) is 3.53. The molecule has 2 aromatic carbocycles. The average Bonchev–Trinajstić information content (AvgIpc) is 2.87. The highest BCUT2D eigenvalue weighted by Gasteiger charge is 2.12. The van der Waals surface area contributed by atoms with Crippen LogP contribution in [0.5, 0.6) is 11.5 Å². The molecule has 9 nitrogen and oxygen atoms in total. The Morgan fingerprint density at radius 1 is 1.00 bits per heavy atom. The Hall–Kier alpha value is -4.24. The summed E-state index contributed by atoms with van der Waals surface area (Å²) >= 11 is 0. The number of aliphatic hydroxyl groups is 1. The molecule has 0 spiro atoms. The van der Waals surface area contributed by atoms with Crippen LogP contribution in [0.15, 0.2) is 67.1 Å². The summed E-state index contributed by atoms with van der Waals surface area (Å²) in [5, 5.41) is 15.6. The van der Waals surface area contributed by atoms with Crippen molar-refractivity contribution in [1.29, 1.82) is 0 Å². The van der Waals surface area contributed by atoms with E-state index in [1.54, 1.807) is 6.20 Å². The molecule has 0 aliphatic carbocycles. The summed E-state index contributed by atoms with van der Waals surface area (Å²) < 4.78 is 11.8. The molecular formula is C26H27N5O4. The molecule has 4 aromatic rings. The van der Waals surface area contributed by atoms with Gasteiger partial charge in [0.1, 0.15) is 36.9 Å². The first-order valence-electron chi connectivity index (χ1n) is 11.3. The van der Waals surface area contributed by atoms with Crippen LogP contribution in [0.25, 0.3) is 10.9 Å². The summed E-state index contributed by atoms with van der Waals surface area (Å²) in [6.45, 7) is 2.79. The number of nitrogens with zero attached hydrogens (tertiary/aromatic N) is 3. The van der Waals surface area contributed by atoms with E-state index in [2.05, 4.69) is 25.6 Å². The molecule has 2 heterocycles. The number of carbonyl (C=O) groups excluding carboxylic acids is 1. The number of hydrogen-bond acceptors (Lipinski definition) is 8. The number of carbonyl (C=O) groups is 1. The molecule has 9 heteroatoms. The Kier molecular flexibility index (Phi) is 8.03. The number of aromatic nitrogens is 3. The van der Waals surface area contributed by atoms with E-state index in [0.29, 0.717) is 24.7 Å². The minimum atomic E-state index is -0.220. The summed E-state index contributed by atoms with van der Waals surface area (Å²) in [5.74, 6) is 1.77. The van der Waals surface area contributed by atoms with Crippen molar-refractivity contribution >= 4 is 28.3 Å². The molecule has 35 heavy (non-hydrogen) atoms. The first-order chi connectivity index (χ1) is 17.1. The first-order valence-corrected chi connectivity index (χ1v) is 11.3.